The molecule has 0 amide bonds. The van der Waals surface area contributed by atoms with Gasteiger partial charge in [0, 0.05) is 13.1 Å². The van der Waals surface area contributed by atoms with Crippen LogP contribution in [0.1, 0.15) is 0 Å². The Kier molecular flexibility index (Phi) is 1.89. The zero-order chi connectivity index (χ0) is 10.3. The molecule has 0 aliphatic carbocycles. The number of fused-ring (bicyclic) bond motifs is 1. The van der Waals surface area contributed by atoms with E-state index in [-0.39, 0.29) is 11.0 Å². The van der Waals surface area contributed by atoms with Gasteiger partial charge in [0.25, 0.3) is 5.56 Å². The van der Waals surface area contributed by atoms with Crippen LogP contribution < -0.4 is 5.56 Å². The van der Waals surface area contributed by atoms with Crippen molar-refractivity contribution in [1.82, 2.24) is 14.5 Å². The fraction of sp³-hybridized carbons (Fsp3) is 0.125. The molecular formula is C8H6ClN3O2. The number of halogens is 1. The number of aromatic hydroxyl groups is 1. The van der Waals surface area contributed by atoms with Crippen LogP contribution in [0.15, 0.2) is 17.1 Å². The molecule has 0 aliphatic rings. The van der Waals surface area contributed by atoms with Crippen LogP contribution in [0.3, 0.4) is 0 Å². The monoisotopic (exact) mass is 211 g/mol. The third kappa shape index (κ3) is 1.22. The lowest BCUT2D eigenvalue weighted by Crippen LogP contribution is -2.16. The van der Waals surface area contributed by atoms with Crippen LogP contribution in [-0.4, -0.2) is 19.6 Å². The Balaban J connectivity index is 2.98. The van der Waals surface area contributed by atoms with Crippen LogP contribution in [-0.2, 0) is 7.05 Å². The first-order valence-corrected chi connectivity index (χ1v) is 4.18. The fourth-order valence-electron chi connectivity index (χ4n) is 1.20. The minimum Gasteiger partial charge on any atom is -0.503 e. The Labute approximate surface area is 83.6 Å². The maximum atomic E-state index is 11.3. The van der Waals surface area contributed by atoms with E-state index in [1.165, 1.54) is 23.9 Å². The van der Waals surface area contributed by atoms with E-state index < -0.39 is 5.56 Å². The Morgan fingerprint density at radius 3 is 3.00 bits per heavy atom. The van der Waals surface area contributed by atoms with Gasteiger partial charge in [-0.25, -0.2) is 9.97 Å². The van der Waals surface area contributed by atoms with Crippen LogP contribution in [0.2, 0.25) is 5.28 Å². The van der Waals surface area contributed by atoms with Crippen LogP contribution in [0.4, 0.5) is 0 Å². The van der Waals surface area contributed by atoms with E-state index in [9.17, 15) is 9.90 Å². The average molecular weight is 212 g/mol. The van der Waals surface area contributed by atoms with E-state index in [0.717, 1.165) is 0 Å². The average Bonchev–Trinajstić information content (AvgIpc) is 2.14. The molecule has 0 radical (unpaired) electrons. The number of aromatic nitrogens is 3. The molecular weight excluding hydrogens is 206 g/mol. The largest absolute Gasteiger partial charge is 0.503 e. The Bertz CT molecular complexity index is 564. The van der Waals surface area contributed by atoms with E-state index in [0.29, 0.717) is 11.0 Å². The van der Waals surface area contributed by atoms with Gasteiger partial charge in [-0.2, -0.15) is 0 Å². The summed E-state index contributed by atoms with van der Waals surface area (Å²) in [4.78, 5) is 18.9. The standard InChI is InChI=1S/C8H6ClN3O2/c1-12-5-3-10-8(9)11-4(5)2-6(13)7(12)14/h2-3,13H,1H3. The number of aryl methyl sites for hydroxylation is 1. The van der Waals surface area contributed by atoms with Gasteiger partial charge in [0.15, 0.2) is 5.75 Å². The number of nitrogens with zero attached hydrogens (tertiary/aromatic N) is 3. The Morgan fingerprint density at radius 1 is 1.57 bits per heavy atom. The number of hydrogen-bond acceptors (Lipinski definition) is 4. The molecule has 5 nitrogen and oxygen atoms in total. The van der Waals surface area contributed by atoms with E-state index in [1.807, 2.05) is 0 Å². The van der Waals surface area contributed by atoms with Gasteiger partial charge in [-0.1, -0.05) is 0 Å². The first-order chi connectivity index (χ1) is 6.59. The molecule has 72 valence electrons. The molecule has 0 aromatic carbocycles. The van der Waals surface area contributed by atoms with Crippen molar-refractivity contribution < 1.29 is 5.11 Å². The van der Waals surface area contributed by atoms with Crippen molar-refractivity contribution in [2.45, 2.75) is 0 Å². The predicted octanol–water partition coefficient (Wildman–Crippen LogP) is 0.687. The lowest BCUT2D eigenvalue weighted by atomic mass is 10.3. The second kappa shape index (κ2) is 2.95. The summed E-state index contributed by atoms with van der Waals surface area (Å²) < 4.78 is 1.26. The number of pyridine rings is 1. The molecule has 0 atom stereocenters. The van der Waals surface area contributed by atoms with Crippen molar-refractivity contribution in [3.8, 4) is 5.75 Å². The molecule has 0 aliphatic heterocycles. The van der Waals surface area contributed by atoms with Crippen LogP contribution >= 0.6 is 11.6 Å². The van der Waals surface area contributed by atoms with E-state index >= 15 is 0 Å². The molecule has 0 saturated heterocycles. The summed E-state index contributed by atoms with van der Waals surface area (Å²) in [5, 5.41) is 9.33. The molecule has 2 heterocycles. The number of rotatable bonds is 0. The molecule has 2 rings (SSSR count). The molecule has 1 N–H and O–H groups in total. The summed E-state index contributed by atoms with van der Waals surface area (Å²) in [7, 11) is 1.53. The second-order valence-electron chi connectivity index (χ2n) is 2.80. The zero-order valence-corrected chi connectivity index (χ0v) is 7.99. The van der Waals surface area contributed by atoms with Gasteiger partial charge in [-0.3, -0.25) is 4.79 Å². The highest BCUT2D eigenvalue weighted by molar-refractivity contribution is 6.28. The zero-order valence-electron chi connectivity index (χ0n) is 7.23. The second-order valence-corrected chi connectivity index (χ2v) is 3.14. The van der Waals surface area contributed by atoms with Gasteiger partial charge in [-0.05, 0) is 11.6 Å². The summed E-state index contributed by atoms with van der Waals surface area (Å²) >= 11 is 5.57. The summed E-state index contributed by atoms with van der Waals surface area (Å²) in [6.07, 6.45) is 1.44. The quantitative estimate of drug-likeness (QED) is 0.651. The molecule has 6 heteroatoms. The predicted molar refractivity (Wildman–Crippen MR) is 51.5 cm³/mol. The highest BCUT2D eigenvalue weighted by Gasteiger charge is 2.06. The van der Waals surface area contributed by atoms with Crippen molar-refractivity contribution >= 4 is 22.6 Å². The van der Waals surface area contributed by atoms with Gasteiger partial charge in [0.1, 0.15) is 0 Å². The molecule has 0 unspecified atom stereocenters. The minimum atomic E-state index is -0.483. The normalized spacial score (nSPS) is 10.7. The van der Waals surface area contributed by atoms with Crippen LogP contribution in [0.25, 0.3) is 11.0 Å². The third-order valence-electron chi connectivity index (χ3n) is 1.93. The summed E-state index contributed by atoms with van der Waals surface area (Å²) in [5.74, 6) is -0.352. The fourth-order valence-corrected chi connectivity index (χ4v) is 1.34. The maximum Gasteiger partial charge on any atom is 0.293 e. The highest BCUT2D eigenvalue weighted by Crippen LogP contribution is 2.14. The first-order valence-electron chi connectivity index (χ1n) is 3.81. The molecule has 0 spiro atoms. The molecule has 0 fully saturated rings. The topological polar surface area (TPSA) is 68.0 Å². The molecule has 0 saturated carbocycles. The Morgan fingerprint density at radius 2 is 2.29 bits per heavy atom. The van der Waals surface area contributed by atoms with E-state index in [4.69, 9.17) is 11.6 Å². The smallest absolute Gasteiger partial charge is 0.293 e. The maximum absolute atomic E-state index is 11.3. The van der Waals surface area contributed by atoms with Crippen LogP contribution in [0.5, 0.6) is 5.75 Å². The van der Waals surface area contributed by atoms with Gasteiger partial charge >= 0.3 is 0 Å². The van der Waals surface area contributed by atoms with Crippen molar-refractivity contribution in [3.63, 3.8) is 0 Å². The van der Waals surface area contributed by atoms with E-state index in [1.54, 1.807) is 0 Å². The van der Waals surface area contributed by atoms with Crippen molar-refractivity contribution in [2.75, 3.05) is 0 Å². The Hall–Kier alpha value is -1.62. The van der Waals surface area contributed by atoms with Crippen LogP contribution in [0, 0.1) is 0 Å². The van der Waals surface area contributed by atoms with Gasteiger partial charge in [-0.15, -0.1) is 0 Å². The van der Waals surface area contributed by atoms with Gasteiger partial charge < -0.3 is 9.67 Å². The summed E-state index contributed by atoms with van der Waals surface area (Å²) in [5.41, 5.74) is 0.477. The minimum absolute atomic E-state index is 0.0792. The van der Waals surface area contributed by atoms with Crippen molar-refractivity contribution in [3.05, 3.63) is 27.9 Å². The third-order valence-corrected chi connectivity index (χ3v) is 2.11. The molecule has 0 bridgehead atoms. The number of hydrogen-bond donors (Lipinski definition) is 1. The molecule has 2 aromatic heterocycles. The summed E-state index contributed by atoms with van der Waals surface area (Å²) in [6.45, 7) is 0. The molecule has 14 heavy (non-hydrogen) atoms. The van der Waals surface area contributed by atoms with E-state index in [2.05, 4.69) is 9.97 Å². The SMILES string of the molecule is Cn1c(=O)c(O)cc2nc(Cl)ncc21. The lowest BCUT2D eigenvalue weighted by Gasteiger charge is -2.03. The van der Waals surface area contributed by atoms with Crippen molar-refractivity contribution in [2.24, 2.45) is 7.05 Å². The van der Waals surface area contributed by atoms with Gasteiger partial charge in [0.2, 0.25) is 5.28 Å². The first kappa shape index (κ1) is 8.96. The van der Waals surface area contributed by atoms with Crippen molar-refractivity contribution in [1.29, 1.82) is 0 Å². The lowest BCUT2D eigenvalue weighted by molar-refractivity contribution is 0.463. The molecule has 2 aromatic rings. The highest BCUT2D eigenvalue weighted by atomic mass is 35.5. The summed E-state index contributed by atoms with van der Waals surface area (Å²) in [6, 6.07) is 1.27. The van der Waals surface area contributed by atoms with Gasteiger partial charge in [0.05, 0.1) is 17.2 Å².